The third-order valence-electron chi connectivity index (χ3n) is 3.68. The van der Waals surface area contributed by atoms with E-state index in [2.05, 4.69) is 30.8 Å². The lowest BCUT2D eigenvalue weighted by molar-refractivity contribution is -0.112. The molecule has 0 amide bonds. The zero-order valence-electron chi connectivity index (χ0n) is 14.2. The molecule has 0 aliphatic heterocycles. The molecule has 2 nitrogen and oxygen atoms in total. The first-order chi connectivity index (χ1) is 11.7. The summed E-state index contributed by atoms with van der Waals surface area (Å²) in [5.74, 6) is 0.956. The number of allylic oxidation sites excluding steroid dienone is 2. The van der Waals surface area contributed by atoms with Crippen LogP contribution < -0.4 is 4.74 Å². The number of carbonyl (C=O) groups is 1. The van der Waals surface area contributed by atoms with Gasteiger partial charge in [0.2, 0.25) is 0 Å². The molecule has 0 spiro atoms. The van der Waals surface area contributed by atoms with E-state index in [-0.39, 0.29) is 5.78 Å². The molecule has 2 rings (SSSR count). The van der Waals surface area contributed by atoms with Crippen molar-refractivity contribution in [2.24, 2.45) is 0 Å². The maximum absolute atomic E-state index is 11.0. The first kappa shape index (κ1) is 17.7. The number of benzene rings is 2. The molecule has 0 saturated heterocycles. The molecule has 0 fully saturated rings. The normalized spacial score (nSPS) is 10.7. The molecule has 24 heavy (non-hydrogen) atoms. The number of hydrogen-bond acceptors (Lipinski definition) is 2. The number of rotatable bonds is 9. The van der Waals surface area contributed by atoms with Crippen LogP contribution in [0, 0.1) is 0 Å². The molecular weight excluding hydrogens is 296 g/mol. The predicted molar refractivity (Wildman–Crippen MR) is 101 cm³/mol. The first-order valence-corrected chi connectivity index (χ1v) is 8.32. The summed E-state index contributed by atoms with van der Waals surface area (Å²) >= 11 is 0. The summed E-state index contributed by atoms with van der Waals surface area (Å²) in [7, 11) is 0. The van der Waals surface area contributed by atoms with Crippen molar-refractivity contribution in [3.05, 3.63) is 72.8 Å². The second-order valence-electron chi connectivity index (χ2n) is 5.72. The molecule has 0 N–H and O–H groups in total. The number of carbonyl (C=O) groups excluding carboxylic acids is 1. The summed E-state index contributed by atoms with van der Waals surface area (Å²) in [6.45, 7) is 6.01. The largest absolute Gasteiger partial charge is 0.494 e. The van der Waals surface area contributed by atoms with E-state index in [4.69, 9.17) is 4.74 Å². The fourth-order valence-corrected chi connectivity index (χ4v) is 2.32. The van der Waals surface area contributed by atoms with Gasteiger partial charge in [0, 0.05) is 0 Å². The van der Waals surface area contributed by atoms with Gasteiger partial charge in [-0.2, -0.15) is 0 Å². The molecule has 2 heteroatoms. The smallest absolute Gasteiger partial charge is 0.152 e. The first-order valence-electron chi connectivity index (χ1n) is 8.32. The van der Waals surface area contributed by atoms with Gasteiger partial charge in [0.25, 0.3) is 0 Å². The Bertz CT molecular complexity index is 679. The van der Waals surface area contributed by atoms with Crippen LogP contribution in [0.5, 0.6) is 5.75 Å². The average molecular weight is 320 g/mol. The van der Waals surface area contributed by atoms with Gasteiger partial charge in [-0.1, -0.05) is 48.6 Å². The van der Waals surface area contributed by atoms with Crippen molar-refractivity contribution < 1.29 is 9.53 Å². The zero-order valence-corrected chi connectivity index (χ0v) is 14.2. The predicted octanol–water partition coefficient (Wildman–Crippen LogP) is 5.69. The van der Waals surface area contributed by atoms with Crippen molar-refractivity contribution >= 4 is 11.9 Å². The van der Waals surface area contributed by atoms with Crippen molar-refractivity contribution in [1.82, 2.24) is 0 Å². The molecule has 2 aromatic rings. The Labute approximate surface area is 144 Å². The second-order valence-corrected chi connectivity index (χ2v) is 5.72. The SMILES string of the molecule is C=CCCCCOc1ccc(-c2ccc(/C=C/C(C)=O)cc2)cc1. The molecular formula is C22H24O2. The molecule has 0 saturated carbocycles. The second kappa shape index (κ2) is 9.51. The van der Waals surface area contributed by atoms with Crippen LogP contribution in [-0.2, 0) is 4.79 Å². The molecule has 0 atom stereocenters. The van der Waals surface area contributed by atoms with Crippen LogP contribution in [0.15, 0.2) is 67.3 Å². The van der Waals surface area contributed by atoms with Crippen molar-refractivity contribution in [3.63, 3.8) is 0 Å². The minimum absolute atomic E-state index is 0.0548. The number of ketones is 1. The molecule has 2 aromatic carbocycles. The highest BCUT2D eigenvalue weighted by Crippen LogP contribution is 2.23. The summed E-state index contributed by atoms with van der Waals surface area (Å²) in [4.78, 5) is 11.0. The molecule has 0 heterocycles. The molecule has 0 aromatic heterocycles. The molecule has 0 radical (unpaired) electrons. The number of hydrogen-bond donors (Lipinski definition) is 0. The van der Waals surface area contributed by atoms with Crippen LogP contribution >= 0.6 is 0 Å². The molecule has 0 aliphatic rings. The Kier molecular flexibility index (Phi) is 7.03. The Morgan fingerprint density at radius 1 is 1.00 bits per heavy atom. The number of ether oxygens (including phenoxy) is 1. The van der Waals surface area contributed by atoms with Gasteiger partial charge in [0.15, 0.2) is 5.78 Å². The maximum Gasteiger partial charge on any atom is 0.152 e. The van der Waals surface area contributed by atoms with Crippen molar-refractivity contribution in [3.8, 4) is 16.9 Å². The monoisotopic (exact) mass is 320 g/mol. The fraction of sp³-hybridized carbons (Fsp3) is 0.227. The van der Waals surface area contributed by atoms with Crippen LogP contribution in [0.25, 0.3) is 17.2 Å². The summed E-state index contributed by atoms with van der Waals surface area (Å²) in [5.41, 5.74) is 3.32. The fourth-order valence-electron chi connectivity index (χ4n) is 2.32. The van der Waals surface area contributed by atoms with Gasteiger partial charge in [0.05, 0.1) is 6.61 Å². The van der Waals surface area contributed by atoms with Crippen LogP contribution in [0.1, 0.15) is 31.7 Å². The van der Waals surface area contributed by atoms with E-state index in [9.17, 15) is 4.79 Å². The molecule has 124 valence electrons. The van der Waals surface area contributed by atoms with Crippen molar-refractivity contribution in [2.75, 3.05) is 6.61 Å². The summed E-state index contributed by atoms with van der Waals surface area (Å²) in [6, 6.07) is 16.3. The third-order valence-corrected chi connectivity index (χ3v) is 3.68. The summed E-state index contributed by atoms with van der Waals surface area (Å²) < 4.78 is 5.74. The Morgan fingerprint density at radius 3 is 2.21 bits per heavy atom. The Balaban J connectivity index is 1.92. The van der Waals surface area contributed by atoms with Gasteiger partial charge < -0.3 is 4.74 Å². The van der Waals surface area contributed by atoms with Crippen molar-refractivity contribution in [2.45, 2.75) is 26.2 Å². The van der Waals surface area contributed by atoms with E-state index >= 15 is 0 Å². The summed E-state index contributed by atoms with van der Waals surface area (Å²) in [5, 5.41) is 0. The molecule has 0 bridgehead atoms. The van der Waals surface area contributed by atoms with Gasteiger partial charge >= 0.3 is 0 Å². The Hall–Kier alpha value is -2.61. The topological polar surface area (TPSA) is 26.3 Å². The van der Waals surface area contributed by atoms with Gasteiger partial charge in [-0.05, 0) is 61.1 Å². The van der Waals surface area contributed by atoms with Crippen molar-refractivity contribution in [1.29, 1.82) is 0 Å². The van der Waals surface area contributed by atoms with E-state index in [1.807, 2.05) is 36.4 Å². The van der Waals surface area contributed by atoms with Gasteiger partial charge in [-0.15, -0.1) is 6.58 Å². The minimum Gasteiger partial charge on any atom is -0.494 e. The van der Waals surface area contributed by atoms with E-state index in [1.54, 1.807) is 13.0 Å². The van der Waals surface area contributed by atoms with E-state index in [0.717, 1.165) is 48.3 Å². The van der Waals surface area contributed by atoms with Crippen LogP contribution in [-0.4, -0.2) is 12.4 Å². The van der Waals surface area contributed by atoms with Crippen LogP contribution in [0.3, 0.4) is 0 Å². The van der Waals surface area contributed by atoms with E-state index in [1.165, 1.54) is 0 Å². The minimum atomic E-state index is 0.0548. The van der Waals surface area contributed by atoms with Crippen LogP contribution in [0.2, 0.25) is 0 Å². The third kappa shape index (κ3) is 5.88. The maximum atomic E-state index is 11.0. The lowest BCUT2D eigenvalue weighted by atomic mass is 10.0. The lowest BCUT2D eigenvalue weighted by Gasteiger charge is -2.07. The van der Waals surface area contributed by atoms with E-state index in [0.29, 0.717) is 0 Å². The average Bonchev–Trinajstić information content (AvgIpc) is 2.61. The Morgan fingerprint density at radius 2 is 1.62 bits per heavy atom. The molecule has 0 aliphatic carbocycles. The van der Waals surface area contributed by atoms with Gasteiger partial charge in [-0.25, -0.2) is 0 Å². The van der Waals surface area contributed by atoms with Crippen LogP contribution in [0.4, 0.5) is 0 Å². The molecule has 0 unspecified atom stereocenters. The number of unbranched alkanes of at least 4 members (excludes halogenated alkanes) is 2. The van der Waals surface area contributed by atoms with Gasteiger partial charge in [0.1, 0.15) is 5.75 Å². The lowest BCUT2D eigenvalue weighted by Crippen LogP contribution is -1.96. The standard InChI is InChI=1S/C22H24O2/c1-3-4-5-6-17-24-22-15-13-21(14-16-22)20-11-9-19(10-12-20)8-7-18(2)23/h3,7-16H,1,4-6,17H2,2H3/b8-7+. The van der Waals surface area contributed by atoms with E-state index < -0.39 is 0 Å². The highest BCUT2D eigenvalue weighted by Gasteiger charge is 1.99. The highest BCUT2D eigenvalue weighted by molar-refractivity contribution is 5.91. The summed E-state index contributed by atoms with van der Waals surface area (Å²) in [6.07, 6.45) is 8.55. The zero-order chi connectivity index (χ0) is 17.2. The quantitative estimate of drug-likeness (QED) is 0.337. The highest BCUT2D eigenvalue weighted by atomic mass is 16.5. The van der Waals surface area contributed by atoms with Gasteiger partial charge in [-0.3, -0.25) is 4.79 Å².